The molecule has 0 spiro atoms. The van der Waals surface area contributed by atoms with Gasteiger partial charge in [0, 0.05) is 12.1 Å². The number of carbonyl (C=O) groups excluding carboxylic acids is 2. The number of non-ortho nitro benzene ring substituents is 1. The molecule has 41 heavy (non-hydrogen) atoms. The van der Waals surface area contributed by atoms with E-state index in [9.17, 15) is 19.7 Å². The normalized spacial score (nSPS) is 15.5. The van der Waals surface area contributed by atoms with Crippen LogP contribution in [0.1, 0.15) is 88.2 Å². The van der Waals surface area contributed by atoms with E-state index >= 15 is 0 Å². The minimum absolute atomic E-state index is 0.0143. The van der Waals surface area contributed by atoms with Gasteiger partial charge in [0.1, 0.15) is 0 Å². The van der Waals surface area contributed by atoms with Gasteiger partial charge in [-0.3, -0.25) is 10.1 Å². The Labute approximate surface area is 250 Å². The van der Waals surface area contributed by atoms with E-state index in [0.717, 1.165) is 11.3 Å². The standard InChI is InChI=1S/C18H15N4O5S.3C4H9.Sn/c23-16(15-17-20(11-19-15)8-9-28-17)14-2-1-7-21(14)18(24)27-10-12-3-5-13(6-4-12)22(25)26;3*1-3-4-2;/h3-6,8,11,14H,1-2,7,10H2;3*1,3-4H2,2H3;/t14-;;;;/m0..../s1. The summed E-state index contributed by atoms with van der Waals surface area (Å²) < 4.78 is 13.2. The van der Waals surface area contributed by atoms with Crippen LogP contribution in [0.5, 0.6) is 0 Å². The van der Waals surface area contributed by atoms with E-state index in [0.29, 0.717) is 24.2 Å². The molecule has 2 aromatic heterocycles. The molecule has 0 aliphatic carbocycles. The van der Waals surface area contributed by atoms with Gasteiger partial charge in [-0.05, 0) is 0 Å². The van der Waals surface area contributed by atoms with Crippen LogP contribution in [0.3, 0.4) is 0 Å². The second-order valence-corrected chi connectivity index (χ2v) is 26.4. The van der Waals surface area contributed by atoms with Crippen molar-refractivity contribution < 1.29 is 19.2 Å². The van der Waals surface area contributed by atoms with Crippen LogP contribution in [0.4, 0.5) is 10.5 Å². The average Bonchev–Trinajstić information content (AvgIpc) is 3.72. The molecule has 3 heterocycles. The first-order valence-corrected chi connectivity index (χ1v) is 23.3. The summed E-state index contributed by atoms with van der Waals surface area (Å²) in [5.74, 6) is -0.123. The predicted octanol–water partition coefficient (Wildman–Crippen LogP) is 7.34. The van der Waals surface area contributed by atoms with Gasteiger partial charge in [0.15, 0.2) is 0 Å². The van der Waals surface area contributed by atoms with Crippen molar-refractivity contribution in [2.24, 2.45) is 0 Å². The fourth-order valence-corrected chi connectivity index (χ4v) is 25.9. The Balaban J connectivity index is 1.52. The van der Waals surface area contributed by atoms with Gasteiger partial charge in [0.05, 0.1) is 4.92 Å². The number of carbonyl (C=O) groups is 2. The summed E-state index contributed by atoms with van der Waals surface area (Å²) in [6, 6.07) is 5.31. The molecule has 0 N–H and O–H groups in total. The Morgan fingerprint density at radius 1 is 1.07 bits per heavy atom. The molecule has 1 saturated heterocycles. The van der Waals surface area contributed by atoms with Gasteiger partial charge in [-0.15, -0.1) is 0 Å². The number of ketones is 1. The van der Waals surface area contributed by atoms with Crippen molar-refractivity contribution in [2.45, 2.75) is 98.1 Å². The number of imidazole rings is 1. The summed E-state index contributed by atoms with van der Waals surface area (Å²) in [5, 5.41) is 10.9. The first kappa shape index (κ1) is 31.5. The summed E-state index contributed by atoms with van der Waals surface area (Å²) in [7, 11) is 0. The average molecular weight is 689 g/mol. The molecule has 11 heteroatoms. The van der Waals surface area contributed by atoms with Crippen LogP contribution in [0.25, 0.3) is 4.83 Å². The predicted molar refractivity (Wildman–Crippen MR) is 165 cm³/mol. The number of Topliss-reactive ketones (excluding diaryl/α,β-unsaturated/α-hetero) is 1. The molecular weight excluding hydrogens is 647 g/mol. The van der Waals surface area contributed by atoms with Crippen molar-refractivity contribution in [3.05, 3.63) is 58.2 Å². The quantitative estimate of drug-likeness (QED) is 0.0716. The summed E-state index contributed by atoms with van der Waals surface area (Å²) in [5.41, 5.74) is 1.09. The zero-order valence-electron chi connectivity index (χ0n) is 24.5. The molecule has 1 atom stereocenters. The first-order valence-electron chi connectivity index (χ1n) is 15.0. The van der Waals surface area contributed by atoms with Crippen LogP contribution in [-0.2, 0) is 11.3 Å². The Hall–Kier alpha value is -2.47. The number of hydrogen-bond acceptors (Lipinski definition) is 7. The molecule has 3 aromatic rings. The fraction of sp³-hybridized carbons (Fsp3) is 0.567. The SMILES string of the molecule is CCC[CH2][Sn]([CH2]CCC)([CH2]CCC)[c]1cn2cnc(C(=O)[C@@H]3CCCN3C(=O)OCc3ccc([N+](=O)[O-])cc3)c2s1. The van der Waals surface area contributed by atoms with E-state index in [2.05, 4.69) is 36.4 Å². The zero-order valence-corrected chi connectivity index (χ0v) is 28.1. The molecule has 1 fully saturated rings. The first-order chi connectivity index (χ1) is 19.8. The number of rotatable bonds is 15. The number of fused-ring (bicyclic) bond motifs is 1. The molecule has 0 radical (unpaired) electrons. The number of nitro groups is 1. The van der Waals surface area contributed by atoms with Gasteiger partial charge in [0.25, 0.3) is 5.69 Å². The Kier molecular flexibility index (Phi) is 11.2. The number of amides is 1. The molecule has 1 aliphatic rings. The Bertz CT molecular complexity index is 1320. The number of thiazole rings is 1. The van der Waals surface area contributed by atoms with E-state index in [4.69, 9.17) is 4.74 Å². The summed E-state index contributed by atoms with van der Waals surface area (Å²) in [6.07, 6.45) is 12.3. The van der Waals surface area contributed by atoms with E-state index in [1.807, 2.05) is 0 Å². The Morgan fingerprint density at radius 3 is 2.29 bits per heavy atom. The van der Waals surface area contributed by atoms with Crippen molar-refractivity contribution in [1.82, 2.24) is 14.3 Å². The van der Waals surface area contributed by atoms with Gasteiger partial charge in [0.2, 0.25) is 0 Å². The second-order valence-electron chi connectivity index (χ2n) is 11.2. The summed E-state index contributed by atoms with van der Waals surface area (Å²) in [4.78, 5) is 44.2. The maximum atomic E-state index is 13.8. The molecular formula is C30H42N4O5SSn. The topological polar surface area (TPSA) is 107 Å². The number of hydrogen-bond donors (Lipinski definition) is 0. The van der Waals surface area contributed by atoms with Crippen molar-refractivity contribution >= 4 is 55.0 Å². The monoisotopic (exact) mass is 690 g/mol. The third-order valence-electron chi connectivity index (χ3n) is 8.29. The zero-order chi connectivity index (χ0) is 29.4. The summed E-state index contributed by atoms with van der Waals surface area (Å²) >= 11 is -0.872. The van der Waals surface area contributed by atoms with Gasteiger partial charge < -0.3 is 0 Å². The van der Waals surface area contributed by atoms with Crippen LogP contribution in [-0.4, -0.2) is 62.0 Å². The van der Waals surface area contributed by atoms with Crippen molar-refractivity contribution in [3.63, 3.8) is 0 Å². The minimum atomic E-state index is -2.66. The molecule has 0 unspecified atom stereocenters. The Morgan fingerprint density at radius 2 is 1.71 bits per heavy atom. The molecule has 1 amide bonds. The second kappa shape index (κ2) is 14.6. The third-order valence-corrected chi connectivity index (χ3v) is 27.6. The number of likely N-dealkylation sites (tertiary alicyclic amines) is 1. The molecule has 1 aliphatic heterocycles. The number of aromatic nitrogens is 2. The van der Waals surface area contributed by atoms with Crippen LogP contribution in [0.2, 0.25) is 13.3 Å². The van der Waals surface area contributed by atoms with Crippen molar-refractivity contribution in [3.8, 4) is 0 Å². The fourth-order valence-electron chi connectivity index (χ4n) is 5.86. The third kappa shape index (κ3) is 7.31. The number of unbranched alkanes of at least 4 members (excludes halogenated alkanes) is 3. The number of nitrogens with zero attached hydrogens (tertiary/aromatic N) is 4. The summed E-state index contributed by atoms with van der Waals surface area (Å²) in [6.45, 7) is 7.27. The maximum absolute atomic E-state index is 13.8. The van der Waals surface area contributed by atoms with Gasteiger partial charge >= 0.3 is 218 Å². The number of nitro benzene ring substituents is 1. The van der Waals surface area contributed by atoms with Gasteiger partial charge in [-0.25, -0.2) is 0 Å². The van der Waals surface area contributed by atoms with Gasteiger partial charge in [-0.2, -0.15) is 0 Å². The molecule has 4 rings (SSSR count). The van der Waals surface area contributed by atoms with Crippen LogP contribution in [0.15, 0.2) is 36.8 Å². The van der Waals surface area contributed by atoms with Crippen LogP contribution >= 0.6 is 11.3 Å². The molecule has 222 valence electrons. The van der Waals surface area contributed by atoms with Crippen LogP contribution < -0.4 is 2.89 Å². The molecule has 0 saturated carbocycles. The number of benzene rings is 1. The van der Waals surface area contributed by atoms with E-state index in [1.165, 1.54) is 68.9 Å². The van der Waals surface area contributed by atoms with Crippen molar-refractivity contribution in [1.29, 1.82) is 0 Å². The molecule has 1 aromatic carbocycles. The van der Waals surface area contributed by atoms with E-state index in [1.54, 1.807) is 32.7 Å². The van der Waals surface area contributed by atoms with Gasteiger partial charge in [-0.1, -0.05) is 0 Å². The van der Waals surface area contributed by atoms with E-state index < -0.39 is 35.4 Å². The number of ether oxygens (including phenoxy) is 1. The molecule has 0 bridgehead atoms. The van der Waals surface area contributed by atoms with Crippen molar-refractivity contribution in [2.75, 3.05) is 6.54 Å². The molecule has 9 nitrogen and oxygen atoms in total. The van der Waals surface area contributed by atoms with E-state index in [-0.39, 0.29) is 18.1 Å². The van der Waals surface area contributed by atoms with Crippen LogP contribution in [0, 0.1) is 10.1 Å².